The molecule has 1 fully saturated rings. The monoisotopic (exact) mass is 298 g/mol. The molecule has 0 atom stereocenters. The van der Waals surface area contributed by atoms with Crippen molar-refractivity contribution in [1.82, 2.24) is 9.97 Å². The summed E-state index contributed by atoms with van der Waals surface area (Å²) in [6.07, 6.45) is 5.51. The summed E-state index contributed by atoms with van der Waals surface area (Å²) in [5, 5.41) is 6.69. The molecule has 0 saturated heterocycles. The molecule has 114 valence electrons. The fourth-order valence-corrected chi connectivity index (χ4v) is 2.48. The average Bonchev–Trinajstić information content (AvgIpc) is 2.93. The maximum Gasteiger partial charge on any atom is 0.231 e. The van der Waals surface area contributed by atoms with Crippen molar-refractivity contribution in [1.29, 1.82) is 0 Å². The van der Waals surface area contributed by atoms with Crippen molar-refractivity contribution >= 4 is 17.5 Å². The summed E-state index contributed by atoms with van der Waals surface area (Å²) in [6, 6.07) is 6.28. The highest BCUT2D eigenvalue weighted by Crippen LogP contribution is 2.35. The van der Waals surface area contributed by atoms with E-state index >= 15 is 0 Å². The summed E-state index contributed by atoms with van der Waals surface area (Å²) in [5.41, 5.74) is 1.91. The van der Waals surface area contributed by atoms with Gasteiger partial charge in [-0.25, -0.2) is 4.98 Å². The first-order chi connectivity index (χ1) is 10.8. The Balaban J connectivity index is 1.54. The lowest BCUT2D eigenvalue weighted by molar-refractivity contribution is 0.174. The Labute approximate surface area is 128 Å². The van der Waals surface area contributed by atoms with Crippen LogP contribution < -0.4 is 20.1 Å². The van der Waals surface area contributed by atoms with Gasteiger partial charge in [0.15, 0.2) is 11.5 Å². The van der Waals surface area contributed by atoms with Gasteiger partial charge in [-0.05, 0) is 38.3 Å². The third kappa shape index (κ3) is 2.52. The molecule has 1 saturated carbocycles. The minimum Gasteiger partial charge on any atom is -0.454 e. The van der Waals surface area contributed by atoms with E-state index in [0.717, 1.165) is 28.6 Å². The van der Waals surface area contributed by atoms with E-state index in [-0.39, 0.29) is 6.79 Å². The molecule has 2 N–H and O–H groups in total. The number of hydrogen-bond acceptors (Lipinski definition) is 6. The number of nitrogens with one attached hydrogen (secondary N) is 2. The minimum absolute atomic E-state index is 0.279. The SMILES string of the molecule is Cc1cnc(NC2CCC2)nc1Nc1ccc2c(c1)OCO2. The van der Waals surface area contributed by atoms with Gasteiger partial charge in [0.25, 0.3) is 0 Å². The van der Waals surface area contributed by atoms with Crippen LogP contribution in [0.15, 0.2) is 24.4 Å². The molecule has 1 aliphatic carbocycles. The molecular formula is C16H18N4O2. The lowest BCUT2D eigenvalue weighted by atomic mass is 9.93. The van der Waals surface area contributed by atoms with Crippen molar-refractivity contribution in [3.8, 4) is 11.5 Å². The molecule has 0 radical (unpaired) electrons. The zero-order chi connectivity index (χ0) is 14.9. The Bertz CT molecular complexity index is 701. The van der Waals surface area contributed by atoms with E-state index in [1.54, 1.807) is 0 Å². The van der Waals surface area contributed by atoms with Crippen LogP contribution in [0.25, 0.3) is 0 Å². The van der Waals surface area contributed by atoms with Crippen LogP contribution in [-0.2, 0) is 0 Å². The van der Waals surface area contributed by atoms with Crippen LogP contribution in [0.2, 0.25) is 0 Å². The Morgan fingerprint density at radius 1 is 1.18 bits per heavy atom. The van der Waals surface area contributed by atoms with Crippen molar-refractivity contribution < 1.29 is 9.47 Å². The molecule has 2 aliphatic rings. The van der Waals surface area contributed by atoms with Gasteiger partial charge in [0.05, 0.1) is 0 Å². The summed E-state index contributed by atoms with van der Waals surface area (Å²) in [5.74, 6) is 3.01. The average molecular weight is 298 g/mol. The highest BCUT2D eigenvalue weighted by Gasteiger charge is 2.18. The Morgan fingerprint density at radius 3 is 2.86 bits per heavy atom. The first kappa shape index (κ1) is 13.2. The maximum atomic E-state index is 5.40. The molecule has 22 heavy (non-hydrogen) atoms. The number of nitrogens with zero attached hydrogens (tertiary/aromatic N) is 2. The molecule has 6 nitrogen and oxygen atoms in total. The van der Waals surface area contributed by atoms with Crippen LogP contribution in [0.3, 0.4) is 0 Å². The lowest BCUT2D eigenvalue weighted by Gasteiger charge is -2.26. The van der Waals surface area contributed by atoms with Crippen LogP contribution in [0, 0.1) is 6.92 Å². The molecule has 0 unspecified atom stereocenters. The summed E-state index contributed by atoms with van der Waals surface area (Å²) >= 11 is 0. The topological polar surface area (TPSA) is 68.3 Å². The second-order valence-electron chi connectivity index (χ2n) is 5.69. The Morgan fingerprint density at radius 2 is 2.05 bits per heavy atom. The van der Waals surface area contributed by atoms with Crippen molar-refractivity contribution in [3.05, 3.63) is 30.0 Å². The number of aryl methyl sites for hydroxylation is 1. The number of fused-ring (bicyclic) bond motifs is 1. The van der Waals surface area contributed by atoms with E-state index in [1.165, 1.54) is 19.3 Å². The molecule has 2 heterocycles. The smallest absolute Gasteiger partial charge is 0.231 e. The van der Waals surface area contributed by atoms with E-state index in [9.17, 15) is 0 Å². The van der Waals surface area contributed by atoms with E-state index in [4.69, 9.17) is 9.47 Å². The van der Waals surface area contributed by atoms with Crippen molar-refractivity contribution in [2.45, 2.75) is 32.2 Å². The van der Waals surface area contributed by atoms with Crippen molar-refractivity contribution in [3.63, 3.8) is 0 Å². The lowest BCUT2D eigenvalue weighted by Crippen LogP contribution is -2.28. The fourth-order valence-electron chi connectivity index (χ4n) is 2.48. The van der Waals surface area contributed by atoms with Gasteiger partial charge in [0.1, 0.15) is 5.82 Å². The van der Waals surface area contributed by atoms with Crippen LogP contribution in [-0.4, -0.2) is 22.8 Å². The first-order valence-corrected chi connectivity index (χ1v) is 7.55. The zero-order valence-corrected chi connectivity index (χ0v) is 12.4. The second kappa shape index (κ2) is 5.36. The van der Waals surface area contributed by atoms with E-state index in [2.05, 4.69) is 20.6 Å². The zero-order valence-electron chi connectivity index (χ0n) is 12.4. The third-order valence-electron chi connectivity index (χ3n) is 4.05. The molecule has 0 amide bonds. The van der Waals surface area contributed by atoms with E-state index < -0.39 is 0 Å². The van der Waals surface area contributed by atoms with Crippen molar-refractivity contribution in [2.75, 3.05) is 17.4 Å². The number of aromatic nitrogens is 2. The molecule has 0 spiro atoms. The maximum absolute atomic E-state index is 5.40. The highest BCUT2D eigenvalue weighted by molar-refractivity contribution is 5.64. The van der Waals surface area contributed by atoms with Gasteiger partial charge in [-0.1, -0.05) is 0 Å². The van der Waals surface area contributed by atoms with Gasteiger partial charge >= 0.3 is 0 Å². The highest BCUT2D eigenvalue weighted by atomic mass is 16.7. The van der Waals surface area contributed by atoms with E-state index in [0.29, 0.717) is 12.0 Å². The predicted molar refractivity (Wildman–Crippen MR) is 83.9 cm³/mol. The molecule has 0 bridgehead atoms. The minimum atomic E-state index is 0.279. The third-order valence-corrected chi connectivity index (χ3v) is 4.05. The van der Waals surface area contributed by atoms with Crippen LogP contribution in [0.5, 0.6) is 11.5 Å². The second-order valence-corrected chi connectivity index (χ2v) is 5.69. The number of hydrogen-bond donors (Lipinski definition) is 2. The molecular weight excluding hydrogens is 280 g/mol. The number of benzene rings is 1. The van der Waals surface area contributed by atoms with Crippen LogP contribution >= 0.6 is 0 Å². The molecule has 6 heteroatoms. The fraction of sp³-hybridized carbons (Fsp3) is 0.375. The Kier molecular flexibility index (Phi) is 3.21. The Hall–Kier alpha value is -2.50. The molecule has 4 rings (SSSR count). The summed E-state index contributed by atoms with van der Waals surface area (Å²) in [4.78, 5) is 8.93. The number of anilines is 3. The van der Waals surface area contributed by atoms with Gasteiger partial charge in [0, 0.05) is 29.6 Å². The van der Waals surface area contributed by atoms with Gasteiger partial charge < -0.3 is 20.1 Å². The van der Waals surface area contributed by atoms with Crippen molar-refractivity contribution in [2.24, 2.45) is 0 Å². The van der Waals surface area contributed by atoms with E-state index in [1.807, 2.05) is 31.3 Å². The van der Waals surface area contributed by atoms with Crippen LogP contribution in [0.4, 0.5) is 17.5 Å². The predicted octanol–water partition coefficient (Wildman–Crippen LogP) is 3.22. The molecule has 2 aromatic rings. The van der Waals surface area contributed by atoms with Gasteiger partial charge in [-0.3, -0.25) is 0 Å². The first-order valence-electron chi connectivity index (χ1n) is 7.55. The standard InChI is InChI=1S/C16H18N4O2/c1-10-8-17-16(19-11-3-2-4-11)20-15(10)18-12-5-6-13-14(7-12)22-9-21-13/h5-8,11H,2-4,9H2,1H3,(H2,17,18,19,20). The number of ether oxygens (including phenoxy) is 2. The molecule has 1 aromatic heterocycles. The van der Waals surface area contributed by atoms with Gasteiger partial charge in [-0.15, -0.1) is 0 Å². The summed E-state index contributed by atoms with van der Waals surface area (Å²) < 4.78 is 10.7. The largest absolute Gasteiger partial charge is 0.454 e. The quantitative estimate of drug-likeness (QED) is 0.903. The molecule has 1 aromatic carbocycles. The number of rotatable bonds is 4. The summed E-state index contributed by atoms with van der Waals surface area (Å²) in [6.45, 7) is 2.27. The normalized spacial score (nSPS) is 16.2. The summed E-state index contributed by atoms with van der Waals surface area (Å²) in [7, 11) is 0. The molecule has 1 aliphatic heterocycles. The van der Waals surface area contributed by atoms with Crippen LogP contribution in [0.1, 0.15) is 24.8 Å². The van der Waals surface area contributed by atoms with Gasteiger partial charge in [0.2, 0.25) is 12.7 Å². The van der Waals surface area contributed by atoms with Gasteiger partial charge in [-0.2, -0.15) is 4.98 Å².